The highest BCUT2D eigenvalue weighted by Gasteiger charge is 2.24. The average molecular weight is 268 g/mol. The Balaban J connectivity index is 1.70. The molecule has 2 atom stereocenters. The highest BCUT2D eigenvalue weighted by molar-refractivity contribution is 7.09. The summed E-state index contributed by atoms with van der Waals surface area (Å²) in [4.78, 5) is 4.49. The molecule has 2 unspecified atom stereocenters. The number of thiazole rings is 1. The zero-order valence-corrected chi connectivity index (χ0v) is 12.4. The molecule has 3 nitrogen and oxygen atoms in total. The zero-order chi connectivity index (χ0) is 13.0. The minimum atomic E-state index is 0.429. The fourth-order valence-corrected chi connectivity index (χ4v) is 3.15. The lowest BCUT2D eigenvalue weighted by atomic mass is 9.95. The SMILES string of the molecule is Cc1csc(CCNC2CCOC(C(C)C)C2)n1. The van der Waals surface area contributed by atoms with Crippen molar-refractivity contribution >= 4 is 11.3 Å². The molecular weight excluding hydrogens is 244 g/mol. The van der Waals surface area contributed by atoms with E-state index in [4.69, 9.17) is 4.74 Å². The Morgan fingerprint density at radius 1 is 1.56 bits per heavy atom. The maximum Gasteiger partial charge on any atom is 0.0940 e. The largest absolute Gasteiger partial charge is 0.378 e. The fourth-order valence-electron chi connectivity index (χ4n) is 2.38. The van der Waals surface area contributed by atoms with Gasteiger partial charge in [0.1, 0.15) is 0 Å². The second-order valence-electron chi connectivity index (χ2n) is 5.46. The maximum atomic E-state index is 5.79. The Labute approximate surface area is 114 Å². The molecule has 0 spiro atoms. The summed E-state index contributed by atoms with van der Waals surface area (Å²) in [5.74, 6) is 0.621. The van der Waals surface area contributed by atoms with Gasteiger partial charge < -0.3 is 10.1 Å². The molecule has 1 aliphatic heterocycles. The molecule has 1 aliphatic rings. The first-order valence-corrected chi connectivity index (χ1v) is 7.79. The maximum absolute atomic E-state index is 5.79. The van der Waals surface area contributed by atoms with Gasteiger partial charge in [-0.1, -0.05) is 13.8 Å². The van der Waals surface area contributed by atoms with E-state index in [0.717, 1.165) is 38.1 Å². The highest BCUT2D eigenvalue weighted by Crippen LogP contribution is 2.20. The minimum Gasteiger partial charge on any atom is -0.378 e. The minimum absolute atomic E-state index is 0.429. The number of aromatic nitrogens is 1. The average Bonchev–Trinajstić information content (AvgIpc) is 2.75. The van der Waals surface area contributed by atoms with Crippen molar-refractivity contribution in [2.75, 3.05) is 13.2 Å². The quantitative estimate of drug-likeness (QED) is 0.891. The van der Waals surface area contributed by atoms with Crippen molar-refractivity contribution in [2.45, 2.75) is 52.2 Å². The number of nitrogens with zero attached hydrogens (tertiary/aromatic N) is 1. The normalized spacial score (nSPS) is 24.7. The molecule has 2 heterocycles. The molecule has 2 rings (SSSR count). The third kappa shape index (κ3) is 4.04. The van der Waals surface area contributed by atoms with Crippen LogP contribution in [0.3, 0.4) is 0 Å². The molecule has 1 N–H and O–H groups in total. The monoisotopic (exact) mass is 268 g/mol. The third-order valence-electron chi connectivity index (χ3n) is 3.50. The van der Waals surface area contributed by atoms with Crippen LogP contribution in [0.2, 0.25) is 0 Å². The zero-order valence-electron chi connectivity index (χ0n) is 11.6. The van der Waals surface area contributed by atoms with Crippen LogP contribution in [0, 0.1) is 12.8 Å². The van der Waals surface area contributed by atoms with Gasteiger partial charge in [0.2, 0.25) is 0 Å². The van der Waals surface area contributed by atoms with Gasteiger partial charge in [-0.05, 0) is 25.7 Å². The van der Waals surface area contributed by atoms with E-state index in [0.29, 0.717) is 18.1 Å². The van der Waals surface area contributed by atoms with Crippen molar-refractivity contribution < 1.29 is 4.74 Å². The number of aryl methyl sites for hydroxylation is 1. The first-order chi connectivity index (χ1) is 8.65. The predicted molar refractivity (Wildman–Crippen MR) is 76.2 cm³/mol. The van der Waals surface area contributed by atoms with Gasteiger partial charge in [0.15, 0.2) is 0 Å². The number of ether oxygens (including phenoxy) is 1. The van der Waals surface area contributed by atoms with Crippen LogP contribution in [-0.2, 0) is 11.2 Å². The smallest absolute Gasteiger partial charge is 0.0940 e. The van der Waals surface area contributed by atoms with Crippen LogP contribution in [0.4, 0.5) is 0 Å². The molecule has 18 heavy (non-hydrogen) atoms. The summed E-state index contributed by atoms with van der Waals surface area (Å²) in [5.41, 5.74) is 1.14. The lowest BCUT2D eigenvalue weighted by Gasteiger charge is -2.32. The van der Waals surface area contributed by atoms with Crippen LogP contribution in [0.5, 0.6) is 0 Å². The number of nitrogens with one attached hydrogen (secondary N) is 1. The third-order valence-corrected chi connectivity index (χ3v) is 4.52. The van der Waals surface area contributed by atoms with Crippen LogP contribution in [0.15, 0.2) is 5.38 Å². The summed E-state index contributed by atoms with van der Waals surface area (Å²) in [6, 6.07) is 0.618. The van der Waals surface area contributed by atoms with E-state index in [-0.39, 0.29) is 0 Å². The molecule has 0 aromatic carbocycles. The van der Waals surface area contributed by atoms with Gasteiger partial charge in [-0.15, -0.1) is 11.3 Å². The predicted octanol–water partition coefficient (Wildman–Crippen LogP) is 2.79. The molecule has 0 saturated carbocycles. The van der Waals surface area contributed by atoms with Gasteiger partial charge in [-0.3, -0.25) is 0 Å². The van der Waals surface area contributed by atoms with Crippen molar-refractivity contribution in [1.82, 2.24) is 10.3 Å². The molecule has 0 radical (unpaired) electrons. The summed E-state index contributed by atoms with van der Waals surface area (Å²) in [5, 5.41) is 7.02. The number of hydrogen-bond acceptors (Lipinski definition) is 4. The van der Waals surface area contributed by atoms with E-state index < -0.39 is 0 Å². The van der Waals surface area contributed by atoms with Crippen LogP contribution in [0.25, 0.3) is 0 Å². The molecule has 1 saturated heterocycles. The molecule has 102 valence electrons. The van der Waals surface area contributed by atoms with Gasteiger partial charge in [-0.2, -0.15) is 0 Å². The van der Waals surface area contributed by atoms with E-state index in [9.17, 15) is 0 Å². The molecule has 0 aliphatic carbocycles. The standard InChI is InChI=1S/C14H24N2OS/c1-10(2)13-8-12(5-7-17-13)15-6-4-14-16-11(3)9-18-14/h9-10,12-13,15H,4-8H2,1-3H3. The Bertz CT molecular complexity index is 364. The fraction of sp³-hybridized carbons (Fsp3) is 0.786. The Hall–Kier alpha value is -0.450. The Morgan fingerprint density at radius 2 is 2.39 bits per heavy atom. The van der Waals surface area contributed by atoms with Crippen LogP contribution in [-0.4, -0.2) is 30.3 Å². The molecule has 0 amide bonds. The van der Waals surface area contributed by atoms with Crippen molar-refractivity contribution in [3.05, 3.63) is 16.1 Å². The van der Waals surface area contributed by atoms with Gasteiger partial charge in [0, 0.05) is 36.7 Å². The second-order valence-corrected chi connectivity index (χ2v) is 6.40. The summed E-state index contributed by atoms with van der Waals surface area (Å²) < 4.78 is 5.79. The molecule has 1 aromatic rings. The van der Waals surface area contributed by atoms with E-state index in [1.54, 1.807) is 11.3 Å². The van der Waals surface area contributed by atoms with Gasteiger partial charge in [0.25, 0.3) is 0 Å². The van der Waals surface area contributed by atoms with Crippen LogP contribution in [0.1, 0.15) is 37.4 Å². The van der Waals surface area contributed by atoms with E-state index in [2.05, 4.69) is 36.5 Å². The summed E-state index contributed by atoms with van der Waals surface area (Å²) in [6.45, 7) is 8.47. The number of rotatable bonds is 5. The summed E-state index contributed by atoms with van der Waals surface area (Å²) in [6.07, 6.45) is 3.76. The second kappa shape index (κ2) is 6.64. The van der Waals surface area contributed by atoms with E-state index >= 15 is 0 Å². The Morgan fingerprint density at radius 3 is 3.06 bits per heavy atom. The van der Waals surface area contributed by atoms with Crippen molar-refractivity contribution in [1.29, 1.82) is 0 Å². The van der Waals surface area contributed by atoms with Gasteiger partial charge in [0.05, 0.1) is 11.1 Å². The number of hydrogen-bond donors (Lipinski definition) is 1. The first-order valence-electron chi connectivity index (χ1n) is 6.91. The van der Waals surface area contributed by atoms with Crippen molar-refractivity contribution in [2.24, 2.45) is 5.92 Å². The van der Waals surface area contributed by atoms with Gasteiger partial charge >= 0.3 is 0 Å². The molecule has 0 bridgehead atoms. The molecular formula is C14H24N2OS. The van der Waals surface area contributed by atoms with Crippen LogP contribution < -0.4 is 5.32 Å². The van der Waals surface area contributed by atoms with Crippen molar-refractivity contribution in [3.63, 3.8) is 0 Å². The van der Waals surface area contributed by atoms with Crippen molar-refractivity contribution in [3.8, 4) is 0 Å². The topological polar surface area (TPSA) is 34.1 Å². The Kier molecular flexibility index (Phi) is 5.15. The van der Waals surface area contributed by atoms with Gasteiger partial charge in [-0.25, -0.2) is 4.98 Å². The molecule has 1 fully saturated rings. The highest BCUT2D eigenvalue weighted by atomic mass is 32.1. The first kappa shape index (κ1) is 14.0. The van der Waals surface area contributed by atoms with Crippen LogP contribution >= 0.6 is 11.3 Å². The lowest BCUT2D eigenvalue weighted by Crippen LogP contribution is -2.41. The summed E-state index contributed by atoms with van der Waals surface area (Å²) >= 11 is 1.77. The van der Waals surface area contributed by atoms with E-state index in [1.165, 1.54) is 5.01 Å². The summed E-state index contributed by atoms with van der Waals surface area (Å²) in [7, 11) is 0. The molecule has 1 aromatic heterocycles. The lowest BCUT2D eigenvalue weighted by molar-refractivity contribution is -0.0241. The van der Waals surface area contributed by atoms with E-state index in [1.807, 2.05) is 0 Å². The molecule has 4 heteroatoms.